The van der Waals surface area contributed by atoms with E-state index in [2.05, 4.69) is 10.3 Å². The number of rotatable bonds is 8. The number of anilines is 1. The maximum atomic E-state index is 13.3. The molecule has 37 heavy (non-hydrogen) atoms. The van der Waals surface area contributed by atoms with Crippen LogP contribution in [0.4, 0.5) is 24.5 Å². The number of amidine groups is 1. The van der Waals surface area contributed by atoms with Crippen LogP contribution >= 0.6 is 23.4 Å². The molecule has 2 aromatic rings. The number of alkyl halides is 3. The lowest BCUT2D eigenvalue weighted by Gasteiger charge is -2.31. The van der Waals surface area contributed by atoms with Gasteiger partial charge in [0, 0.05) is 18.7 Å². The van der Waals surface area contributed by atoms with Crippen LogP contribution in [0.5, 0.6) is 0 Å². The van der Waals surface area contributed by atoms with Crippen molar-refractivity contribution in [2.24, 2.45) is 4.99 Å². The van der Waals surface area contributed by atoms with Gasteiger partial charge < -0.3 is 10.1 Å². The van der Waals surface area contributed by atoms with Crippen LogP contribution in [0.3, 0.4) is 0 Å². The van der Waals surface area contributed by atoms with Crippen molar-refractivity contribution >= 4 is 57.7 Å². The molecule has 0 saturated carbocycles. The molecule has 198 valence electrons. The molecule has 0 spiro atoms. The SMILES string of the molecule is CCCCN1C(=O)C[C@@H](C(=O)Nc2ccc(C(=O)OCC)cc2)SC1=Nc1ccc(Cl)c(C(F)(F)F)c1. The number of hydrogen-bond acceptors (Lipinski definition) is 6. The largest absolute Gasteiger partial charge is 0.462 e. The number of halogens is 4. The summed E-state index contributed by atoms with van der Waals surface area (Å²) in [4.78, 5) is 43.4. The Kier molecular flexibility index (Phi) is 9.61. The average Bonchev–Trinajstić information content (AvgIpc) is 2.84. The third kappa shape index (κ3) is 7.48. The van der Waals surface area contributed by atoms with Crippen LogP contribution in [0.15, 0.2) is 47.5 Å². The van der Waals surface area contributed by atoms with Crippen LogP contribution < -0.4 is 5.32 Å². The summed E-state index contributed by atoms with van der Waals surface area (Å²) in [6, 6.07) is 9.31. The second-order valence-electron chi connectivity index (χ2n) is 8.05. The fourth-order valence-corrected chi connectivity index (χ4v) is 4.76. The van der Waals surface area contributed by atoms with Crippen LogP contribution in [0.1, 0.15) is 49.0 Å². The van der Waals surface area contributed by atoms with Gasteiger partial charge in [0.15, 0.2) is 5.17 Å². The van der Waals surface area contributed by atoms with E-state index in [0.717, 1.165) is 30.3 Å². The number of nitrogens with one attached hydrogen (secondary N) is 1. The van der Waals surface area contributed by atoms with Gasteiger partial charge in [0.05, 0.1) is 28.4 Å². The highest BCUT2D eigenvalue weighted by molar-refractivity contribution is 8.15. The molecular formula is C25H25ClF3N3O4S. The van der Waals surface area contributed by atoms with Gasteiger partial charge >= 0.3 is 12.1 Å². The molecule has 1 fully saturated rings. The predicted octanol–water partition coefficient (Wildman–Crippen LogP) is 6.30. The molecule has 0 aliphatic carbocycles. The van der Waals surface area contributed by atoms with Gasteiger partial charge in [-0.1, -0.05) is 36.7 Å². The summed E-state index contributed by atoms with van der Waals surface area (Å²) in [6.45, 7) is 4.19. The Bertz CT molecular complexity index is 1190. The lowest BCUT2D eigenvalue weighted by Crippen LogP contribution is -2.45. The first kappa shape index (κ1) is 28.5. The van der Waals surface area contributed by atoms with Crippen molar-refractivity contribution in [1.29, 1.82) is 0 Å². The number of benzene rings is 2. The zero-order chi connectivity index (χ0) is 27.2. The Labute approximate surface area is 221 Å². The molecule has 1 aliphatic heterocycles. The summed E-state index contributed by atoms with van der Waals surface area (Å²) in [5, 5.41) is 1.52. The Morgan fingerprint density at radius 3 is 2.51 bits per heavy atom. The minimum atomic E-state index is -4.67. The first-order chi connectivity index (χ1) is 17.5. The Hall–Kier alpha value is -3.05. The van der Waals surface area contributed by atoms with Crippen molar-refractivity contribution in [1.82, 2.24) is 4.90 Å². The van der Waals surface area contributed by atoms with E-state index in [-0.39, 0.29) is 29.8 Å². The molecule has 0 aromatic heterocycles. The molecule has 1 saturated heterocycles. The third-order valence-corrected chi connectivity index (χ3v) is 6.83. The van der Waals surface area contributed by atoms with Crippen LogP contribution in [-0.2, 0) is 20.5 Å². The number of aliphatic imine (C=N–C) groups is 1. The zero-order valence-electron chi connectivity index (χ0n) is 20.1. The molecule has 12 heteroatoms. The number of nitrogens with zero attached hydrogens (tertiary/aromatic N) is 2. The summed E-state index contributed by atoms with van der Waals surface area (Å²) in [5.74, 6) is -1.32. The molecule has 7 nitrogen and oxygen atoms in total. The maximum Gasteiger partial charge on any atom is 0.417 e. The molecule has 1 atom stereocenters. The Morgan fingerprint density at radius 1 is 1.19 bits per heavy atom. The first-order valence-electron chi connectivity index (χ1n) is 11.5. The van der Waals surface area contributed by atoms with Crippen LogP contribution in [0.2, 0.25) is 5.02 Å². The quantitative estimate of drug-likeness (QED) is 0.386. The molecule has 0 radical (unpaired) electrons. The minimum absolute atomic E-state index is 0.0378. The van der Waals surface area contributed by atoms with Crippen molar-refractivity contribution in [2.75, 3.05) is 18.5 Å². The predicted molar refractivity (Wildman–Crippen MR) is 137 cm³/mol. The highest BCUT2D eigenvalue weighted by Crippen LogP contribution is 2.38. The number of unbranched alkanes of at least 4 members (excludes halogenated alkanes) is 1. The van der Waals surface area contributed by atoms with E-state index in [9.17, 15) is 27.6 Å². The lowest BCUT2D eigenvalue weighted by molar-refractivity contribution is -0.137. The van der Waals surface area contributed by atoms with Gasteiger partial charge in [-0.25, -0.2) is 9.79 Å². The number of amides is 2. The molecule has 1 aliphatic rings. The molecule has 3 rings (SSSR count). The van der Waals surface area contributed by atoms with Crippen molar-refractivity contribution in [3.63, 3.8) is 0 Å². The summed E-state index contributed by atoms with van der Waals surface area (Å²) in [7, 11) is 0. The molecule has 2 amide bonds. The van der Waals surface area contributed by atoms with E-state index in [1.807, 2.05) is 6.92 Å². The van der Waals surface area contributed by atoms with Gasteiger partial charge in [0.25, 0.3) is 0 Å². The minimum Gasteiger partial charge on any atom is -0.462 e. The van der Waals surface area contributed by atoms with Crippen LogP contribution in [-0.4, -0.2) is 46.3 Å². The van der Waals surface area contributed by atoms with E-state index in [1.54, 1.807) is 6.92 Å². The summed E-state index contributed by atoms with van der Waals surface area (Å²) >= 11 is 6.71. The molecule has 0 bridgehead atoms. The topological polar surface area (TPSA) is 88.1 Å². The first-order valence-corrected chi connectivity index (χ1v) is 12.8. The average molecular weight is 556 g/mol. The highest BCUT2D eigenvalue weighted by atomic mass is 35.5. The maximum absolute atomic E-state index is 13.3. The normalized spacial score (nSPS) is 17.1. The zero-order valence-corrected chi connectivity index (χ0v) is 21.7. The summed E-state index contributed by atoms with van der Waals surface area (Å²) < 4.78 is 44.9. The fraction of sp³-hybridized carbons (Fsp3) is 0.360. The second kappa shape index (κ2) is 12.5. The number of carbonyl (C=O) groups is 3. The number of hydrogen-bond donors (Lipinski definition) is 1. The van der Waals surface area contributed by atoms with E-state index in [4.69, 9.17) is 16.3 Å². The van der Waals surface area contributed by atoms with Gasteiger partial charge in [-0.05, 0) is 55.8 Å². The van der Waals surface area contributed by atoms with Gasteiger partial charge in [-0.2, -0.15) is 13.2 Å². The van der Waals surface area contributed by atoms with Crippen molar-refractivity contribution in [3.05, 3.63) is 58.6 Å². The van der Waals surface area contributed by atoms with E-state index < -0.39 is 33.9 Å². The smallest absolute Gasteiger partial charge is 0.417 e. The summed E-state index contributed by atoms with van der Waals surface area (Å²) in [5.41, 5.74) is -0.345. The van der Waals surface area contributed by atoms with E-state index >= 15 is 0 Å². The molecule has 2 aromatic carbocycles. The van der Waals surface area contributed by atoms with Gasteiger partial charge in [-0.15, -0.1) is 0 Å². The highest BCUT2D eigenvalue weighted by Gasteiger charge is 2.36. The number of thioether (sulfide) groups is 1. The van der Waals surface area contributed by atoms with Crippen LogP contribution in [0.25, 0.3) is 0 Å². The summed E-state index contributed by atoms with van der Waals surface area (Å²) in [6.07, 6.45) is -3.33. The Balaban J connectivity index is 1.83. The molecule has 0 unspecified atom stereocenters. The van der Waals surface area contributed by atoms with Crippen LogP contribution in [0, 0.1) is 0 Å². The molecule has 1 N–H and O–H groups in total. The van der Waals surface area contributed by atoms with Gasteiger partial charge in [0.1, 0.15) is 5.25 Å². The number of ether oxygens (including phenoxy) is 1. The molecule has 1 heterocycles. The van der Waals surface area contributed by atoms with Crippen molar-refractivity contribution in [2.45, 2.75) is 44.5 Å². The number of esters is 1. The van der Waals surface area contributed by atoms with Crippen molar-refractivity contribution in [3.8, 4) is 0 Å². The monoisotopic (exact) mass is 555 g/mol. The lowest BCUT2D eigenvalue weighted by atomic mass is 10.2. The standard InChI is InChI=1S/C25H25ClF3N3O4S/c1-3-5-12-32-21(33)14-20(22(34)30-16-8-6-15(7-9-16)23(35)36-4-2)37-24(32)31-17-10-11-19(26)18(13-17)25(27,28)29/h6-11,13,20H,3-5,12,14H2,1-2H3,(H,30,34)/t20-/m0/s1. The fourth-order valence-electron chi connectivity index (χ4n) is 3.41. The number of carbonyl (C=O) groups excluding carboxylic acids is 3. The second-order valence-corrected chi connectivity index (χ2v) is 9.63. The van der Waals surface area contributed by atoms with Gasteiger partial charge in [-0.3, -0.25) is 14.5 Å². The van der Waals surface area contributed by atoms with E-state index in [1.165, 1.54) is 35.2 Å². The van der Waals surface area contributed by atoms with Gasteiger partial charge in [0.2, 0.25) is 11.8 Å². The third-order valence-electron chi connectivity index (χ3n) is 5.31. The van der Waals surface area contributed by atoms with Crippen molar-refractivity contribution < 1.29 is 32.3 Å². The van der Waals surface area contributed by atoms with E-state index in [0.29, 0.717) is 24.2 Å². The molecular weight excluding hydrogens is 531 g/mol. The Morgan fingerprint density at radius 2 is 1.89 bits per heavy atom.